The lowest BCUT2D eigenvalue weighted by Gasteiger charge is -2.15. The first kappa shape index (κ1) is 21.6. The second-order valence-electron chi connectivity index (χ2n) is 6.96. The van der Waals surface area contributed by atoms with Crippen molar-refractivity contribution in [3.8, 4) is 5.75 Å². The van der Waals surface area contributed by atoms with Gasteiger partial charge in [0.05, 0.1) is 30.3 Å². The van der Waals surface area contributed by atoms with E-state index >= 15 is 0 Å². The number of benzene rings is 3. The van der Waals surface area contributed by atoms with Crippen LogP contribution in [0.2, 0.25) is 0 Å². The molecule has 0 fully saturated rings. The zero-order valence-corrected chi connectivity index (χ0v) is 18.1. The van der Waals surface area contributed by atoms with Gasteiger partial charge in [-0.1, -0.05) is 42.1 Å². The number of rotatable bonds is 7. The van der Waals surface area contributed by atoms with Crippen LogP contribution in [0.5, 0.6) is 5.75 Å². The summed E-state index contributed by atoms with van der Waals surface area (Å²) < 4.78 is 20.0. The fourth-order valence-electron chi connectivity index (χ4n) is 3.26. The third-order valence-electron chi connectivity index (χ3n) is 4.81. The van der Waals surface area contributed by atoms with E-state index in [1.165, 1.54) is 24.3 Å². The Balaban J connectivity index is 1.63. The second kappa shape index (κ2) is 9.65. The molecule has 0 aliphatic heterocycles. The van der Waals surface area contributed by atoms with E-state index in [1.54, 1.807) is 29.9 Å². The van der Waals surface area contributed by atoms with Crippen LogP contribution >= 0.6 is 11.8 Å². The lowest BCUT2D eigenvalue weighted by Crippen LogP contribution is -2.25. The van der Waals surface area contributed by atoms with E-state index in [2.05, 4.69) is 10.3 Å². The van der Waals surface area contributed by atoms with Crippen LogP contribution in [0.3, 0.4) is 0 Å². The Hall–Kier alpha value is -3.65. The van der Waals surface area contributed by atoms with Crippen LogP contribution in [0.4, 0.5) is 10.1 Å². The van der Waals surface area contributed by atoms with E-state index < -0.39 is 0 Å². The smallest absolute Gasteiger partial charge is 0.262 e. The quantitative estimate of drug-likeness (QED) is 0.336. The molecule has 4 rings (SSSR count). The van der Waals surface area contributed by atoms with Gasteiger partial charge in [-0.2, -0.15) is 0 Å². The first-order chi connectivity index (χ1) is 15.5. The number of amides is 1. The highest BCUT2D eigenvalue weighted by Gasteiger charge is 2.15. The molecule has 0 radical (unpaired) electrons. The SMILES string of the molecule is COc1ccccc1Cn1c(SCC(=O)Nc2ccc(F)cc2)nc2ccccc2c1=O. The van der Waals surface area contributed by atoms with Crippen molar-refractivity contribution in [1.82, 2.24) is 9.55 Å². The summed E-state index contributed by atoms with van der Waals surface area (Å²) in [6.45, 7) is 0.253. The number of nitrogens with one attached hydrogen (secondary N) is 1. The molecule has 4 aromatic rings. The van der Waals surface area contributed by atoms with Crippen molar-refractivity contribution in [1.29, 1.82) is 0 Å². The van der Waals surface area contributed by atoms with E-state index in [0.717, 1.165) is 17.3 Å². The van der Waals surface area contributed by atoms with Crippen molar-refractivity contribution in [2.45, 2.75) is 11.7 Å². The van der Waals surface area contributed by atoms with Crippen molar-refractivity contribution in [2.24, 2.45) is 0 Å². The molecule has 0 saturated carbocycles. The topological polar surface area (TPSA) is 73.2 Å². The van der Waals surface area contributed by atoms with Gasteiger partial charge in [0, 0.05) is 11.3 Å². The van der Waals surface area contributed by atoms with Crippen LogP contribution in [0.15, 0.2) is 82.7 Å². The van der Waals surface area contributed by atoms with Crippen LogP contribution in [-0.2, 0) is 11.3 Å². The molecule has 8 heteroatoms. The molecular formula is C24H20FN3O3S. The van der Waals surface area contributed by atoms with Gasteiger partial charge in [0.15, 0.2) is 5.16 Å². The number of para-hydroxylation sites is 2. The third-order valence-corrected chi connectivity index (χ3v) is 5.78. The van der Waals surface area contributed by atoms with Gasteiger partial charge in [0.2, 0.25) is 5.91 Å². The fraction of sp³-hybridized carbons (Fsp3) is 0.125. The van der Waals surface area contributed by atoms with E-state index in [0.29, 0.717) is 27.5 Å². The molecule has 0 aliphatic rings. The zero-order valence-electron chi connectivity index (χ0n) is 17.2. The maximum atomic E-state index is 13.3. The number of fused-ring (bicyclic) bond motifs is 1. The molecule has 0 unspecified atom stereocenters. The van der Waals surface area contributed by atoms with Crippen molar-refractivity contribution < 1.29 is 13.9 Å². The summed E-state index contributed by atoms with van der Waals surface area (Å²) in [6, 6.07) is 20.1. The summed E-state index contributed by atoms with van der Waals surface area (Å²) >= 11 is 1.16. The van der Waals surface area contributed by atoms with Gasteiger partial charge >= 0.3 is 0 Å². The molecule has 0 saturated heterocycles. The van der Waals surface area contributed by atoms with E-state index in [4.69, 9.17) is 4.74 Å². The number of nitrogens with zero attached hydrogens (tertiary/aromatic N) is 2. The lowest BCUT2D eigenvalue weighted by molar-refractivity contribution is -0.113. The van der Waals surface area contributed by atoms with E-state index in [1.807, 2.05) is 30.3 Å². The van der Waals surface area contributed by atoms with Crippen molar-refractivity contribution >= 4 is 34.3 Å². The fourth-order valence-corrected chi connectivity index (χ4v) is 4.06. The van der Waals surface area contributed by atoms with Crippen LogP contribution in [0.1, 0.15) is 5.56 Å². The van der Waals surface area contributed by atoms with Gasteiger partial charge in [-0.15, -0.1) is 0 Å². The van der Waals surface area contributed by atoms with Crippen LogP contribution in [0, 0.1) is 5.82 Å². The number of carbonyl (C=O) groups excluding carboxylic acids is 1. The first-order valence-electron chi connectivity index (χ1n) is 9.85. The largest absolute Gasteiger partial charge is 0.496 e. The van der Waals surface area contributed by atoms with E-state index in [9.17, 15) is 14.0 Å². The molecule has 0 spiro atoms. The molecule has 0 atom stereocenters. The normalized spacial score (nSPS) is 10.8. The minimum Gasteiger partial charge on any atom is -0.496 e. The number of ether oxygens (including phenoxy) is 1. The molecule has 0 aliphatic carbocycles. The third kappa shape index (κ3) is 4.81. The lowest BCUT2D eigenvalue weighted by atomic mass is 10.2. The predicted octanol–water partition coefficient (Wildman–Crippen LogP) is 4.32. The minimum absolute atomic E-state index is 0.0358. The van der Waals surface area contributed by atoms with Crippen molar-refractivity contribution in [3.05, 3.63) is 94.5 Å². The van der Waals surface area contributed by atoms with Gasteiger partial charge in [-0.25, -0.2) is 9.37 Å². The first-order valence-corrected chi connectivity index (χ1v) is 10.8. The van der Waals surface area contributed by atoms with Crippen molar-refractivity contribution in [3.63, 3.8) is 0 Å². The Morgan fingerprint density at radius 1 is 1.06 bits per heavy atom. The summed E-state index contributed by atoms with van der Waals surface area (Å²) in [5.41, 5.74) is 1.69. The Morgan fingerprint density at radius 3 is 2.56 bits per heavy atom. The van der Waals surface area contributed by atoms with Gasteiger partial charge in [-0.3, -0.25) is 14.2 Å². The maximum absolute atomic E-state index is 13.3. The number of aromatic nitrogens is 2. The monoisotopic (exact) mass is 449 g/mol. The number of carbonyl (C=O) groups is 1. The summed E-state index contributed by atoms with van der Waals surface area (Å²) in [7, 11) is 1.58. The second-order valence-corrected chi connectivity index (χ2v) is 7.90. The molecule has 1 heterocycles. The number of hydrogen-bond donors (Lipinski definition) is 1. The number of thioether (sulfide) groups is 1. The summed E-state index contributed by atoms with van der Waals surface area (Å²) in [4.78, 5) is 30.3. The molecule has 6 nitrogen and oxygen atoms in total. The maximum Gasteiger partial charge on any atom is 0.262 e. The number of halogens is 1. The summed E-state index contributed by atoms with van der Waals surface area (Å²) in [5, 5.41) is 3.64. The Labute approximate surface area is 188 Å². The van der Waals surface area contributed by atoms with Crippen LogP contribution < -0.4 is 15.6 Å². The average Bonchev–Trinajstić information content (AvgIpc) is 2.81. The Kier molecular flexibility index (Phi) is 6.51. The highest BCUT2D eigenvalue weighted by molar-refractivity contribution is 7.99. The van der Waals surface area contributed by atoms with Crippen molar-refractivity contribution in [2.75, 3.05) is 18.2 Å². The molecular weight excluding hydrogens is 429 g/mol. The molecule has 1 aromatic heterocycles. The zero-order chi connectivity index (χ0) is 22.5. The summed E-state index contributed by atoms with van der Waals surface area (Å²) in [6.07, 6.45) is 0. The van der Waals surface area contributed by atoms with Gasteiger partial charge in [0.25, 0.3) is 5.56 Å². The predicted molar refractivity (Wildman–Crippen MR) is 124 cm³/mol. The highest BCUT2D eigenvalue weighted by Crippen LogP contribution is 2.23. The summed E-state index contributed by atoms with van der Waals surface area (Å²) in [5.74, 6) is 0.0390. The standard InChI is InChI=1S/C24H20FN3O3S/c1-31-21-9-5-2-6-16(21)14-28-23(30)19-7-3-4-8-20(19)27-24(28)32-15-22(29)26-18-12-10-17(25)11-13-18/h2-13H,14-15H2,1H3,(H,26,29). The molecule has 3 aromatic carbocycles. The van der Waals surface area contributed by atoms with Gasteiger partial charge in [0.1, 0.15) is 11.6 Å². The molecule has 1 N–H and O–H groups in total. The number of hydrogen-bond acceptors (Lipinski definition) is 5. The molecule has 1 amide bonds. The number of anilines is 1. The van der Waals surface area contributed by atoms with Gasteiger partial charge < -0.3 is 10.1 Å². The number of methoxy groups -OCH3 is 1. The minimum atomic E-state index is -0.377. The molecule has 162 valence electrons. The van der Waals surface area contributed by atoms with Gasteiger partial charge in [-0.05, 0) is 42.5 Å². The molecule has 0 bridgehead atoms. The van der Waals surface area contributed by atoms with Crippen LogP contribution in [0.25, 0.3) is 10.9 Å². The van der Waals surface area contributed by atoms with Crippen LogP contribution in [-0.4, -0.2) is 28.3 Å². The highest BCUT2D eigenvalue weighted by atomic mass is 32.2. The molecule has 32 heavy (non-hydrogen) atoms. The Morgan fingerprint density at radius 2 is 1.78 bits per heavy atom. The Bertz CT molecular complexity index is 1320. The average molecular weight is 450 g/mol. The van der Waals surface area contributed by atoms with E-state index in [-0.39, 0.29) is 29.6 Å².